The van der Waals surface area contributed by atoms with Gasteiger partial charge in [0.1, 0.15) is 0 Å². The third kappa shape index (κ3) is 7.12. The normalized spacial score (nSPS) is 19.5. The molecule has 2 N–H and O–H groups in total. The van der Waals surface area contributed by atoms with E-state index in [1.165, 1.54) is 5.56 Å². The minimum Gasteiger partial charge on any atom is -0.383 e. The Labute approximate surface area is 150 Å². The Balaban J connectivity index is 1.79. The van der Waals surface area contributed by atoms with Crippen molar-refractivity contribution in [3.05, 3.63) is 35.9 Å². The van der Waals surface area contributed by atoms with Gasteiger partial charge in [-0.3, -0.25) is 9.69 Å². The van der Waals surface area contributed by atoms with Gasteiger partial charge in [0.15, 0.2) is 0 Å². The summed E-state index contributed by atoms with van der Waals surface area (Å²) >= 11 is 0. The molecule has 2 unspecified atom stereocenters. The topological polar surface area (TPSA) is 62.8 Å². The number of hydrogen-bond donors (Lipinski definition) is 2. The van der Waals surface area contributed by atoms with Gasteiger partial charge in [0.05, 0.1) is 31.9 Å². The predicted octanol–water partition coefficient (Wildman–Crippen LogP) is 1.02. The summed E-state index contributed by atoms with van der Waals surface area (Å²) in [7, 11) is 1.65. The molecule has 0 spiro atoms. The number of nitrogens with one attached hydrogen (secondary N) is 2. The van der Waals surface area contributed by atoms with Crippen LogP contribution in [0.25, 0.3) is 0 Å². The Bertz CT molecular complexity index is 498. The molecule has 1 heterocycles. The number of nitrogens with zero attached hydrogens (tertiary/aromatic N) is 1. The molecule has 0 aromatic heterocycles. The van der Waals surface area contributed by atoms with E-state index in [4.69, 9.17) is 9.47 Å². The molecule has 0 radical (unpaired) electrons. The van der Waals surface area contributed by atoms with Crippen molar-refractivity contribution in [2.24, 2.45) is 0 Å². The molecule has 6 nitrogen and oxygen atoms in total. The Kier molecular flexibility index (Phi) is 8.90. The first kappa shape index (κ1) is 19.8. The number of amides is 1. The van der Waals surface area contributed by atoms with Crippen LogP contribution in [-0.4, -0.2) is 69.5 Å². The third-order valence-electron chi connectivity index (χ3n) is 4.43. The second-order valence-corrected chi connectivity index (χ2v) is 6.38. The van der Waals surface area contributed by atoms with Crippen LogP contribution >= 0.6 is 0 Å². The number of rotatable bonds is 10. The Morgan fingerprint density at radius 1 is 1.40 bits per heavy atom. The highest BCUT2D eigenvalue weighted by atomic mass is 16.5. The van der Waals surface area contributed by atoms with E-state index in [1.54, 1.807) is 7.11 Å². The van der Waals surface area contributed by atoms with Gasteiger partial charge in [0.2, 0.25) is 5.91 Å². The van der Waals surface area contributed by atoms with Crippen LogP contribution in [0.15, 0.2) is 30.3 Å². The lowest BCUT2D eigenvalue weighted by molar-refractivity contribution is -0.123. The summed E-state index contributed by atoms with van der Waals surface area (Å²) in [6.45, 7) is 7.05. The number of carbonyl (C=O) groups excluding carboxylic acids is 1. The molecule has 0 aliphatic carbocycles. The summed E-state index contributed by atoms with van der Waals surface area (Å²) in [5.41, 5.74) is 1.31. The van der Waals surface area contributed by atoms with Crippen molar-refractivity contribution in [2.45, 2.75) is 32.0 Å². The van der Waals surface area contributed by atoms with Crippen molar-refractivity contribution in [3.63, 3.8) is 0 Å². The fourth-order valence-corrected chi connectivity index (χ4v) is 3.05. The predicted molar refractivity (Wildman–Crippen MR) is 98.4 cm³/mol. The second kappa shape index (κ2) is 11.2. The largest absolute Gasteiger partial charge is 0.383 e. The van der Waals surface area contributed by atoms with Crippen molar-refractivity contribution in [1.82, 2.24) is 15.5 Å². The van der Waals surface area contributed by atoms with Crippen LogP contribution in [0.4, 0.5) is 0 Å². The molecule has 1 saturated heterocycles. The zero-order valence-corrected chi connectivity index (χ0v) is 15.4. The molecule has 1 fully saturated rings. The van der Waals surface area contributed by atoms with Crippen LogP contribution < -0.4 is 10.6 Å². The quantitative estimate of drug-likeness (QED) is 0.618. The number of carbonyl (C=O) groups is 1. The van der Waals surface area contributed by atoms with E-state index in [2.05, 4.69) is 46.7 Å². The van der Waals surface area contributed by atoms with Crippen LogP contribution in [0, 0.1) is 0 Å². The first-order valence-electron chi connectivity index (χ1n) is 9.09. The zero-order chi connectivity index (χ0) is 17.9. The summed E-state index contributed by atoms with van der Waals surface area (Å²) in [5, 5.41) is 6.18. The van der Waals surface area contributed by atoms with Gasteiger partial charge in [-0.25, -0.2) is 0 Å². The molecule has 0 saturated carbocycles. The molecule has 25 heavy (non-hydrogen) atoms. The summed E-state index contributed by atoms with van der Waals surface area (Å²) < 4.78 is 10.9. The van der Waals surface area contributed by atoms with Crippen molar-refractivity contribution in [3.8, 4) is 0 Å². The minimum atomic E-state index is 0.00624. The molecular formula is C19H31N3O3. The number of ether oxygens (including phenoxy) is 2. The highest BCUT2D eigenvalue weighted by Crippen LogP contribution is 2.14. The molecule has 2 atom stereocenters. The average molecular weight is 349 g/mol. The molecule has 6 heteroatoms. The lowest BCUT2D eigenvalue weighted by Gasteiger charge is -2.37. The maximum atomic E-state index is 12.1. The Hall–Kier alpha value is -1.47. The lowest BCUT2D eigenvalue weighted by atomic mass is 10.1. The molecule has 1 aliphatic heterocycles. The highest BCUT2D eigenvalue weighted by molar-refractivity contribution is 5.78. The molecule has 0 bridgehead atoms. The zero-order valence-electron chi connectivity index (χ0n) is 15.4. The lowest BCUT2D eigenvalue weighted by Crippen LogP contribution is -2.54. The van der Waals surface area contributed by atoms with Crippen molar-refractivity contribution < 1.29 is 14.3 Å². The van der Waals surface area contributed by atoms with Gasteiger partial charge in [0.25, 0.3) is 0 Å². The van der Waals surface area contributed by atoms with Gasteiger partial charge in [-0.15, -0.1) is 0 Å². The molecular weight excluding hydrogens is 318 g/mol. The highest BCUT2D eigenvalue weighted by Gasteiger charge is 2.28. The average Bonchev–Trinajstić information content (AvgIpc) is 2.64. The maximum Gasteiger partial charge on any atom is 0.234 e. The summed E-state index contributed by atoms with van der Waals surface area (Å²) in [6, 6.07) is 10.5. The first-order valence-corrected chi connectivity index (χ1v) is 9.09. The van der Waals surface area contributed by atoms with Crippen LogP contribution in [0.2, 0.25) is 0 Å². The number of benzene rings is 1. The minimum absolute atomic E-state index is 0.00624. The van der Waals surface area contributed by atoms with Gasteiger partial charge in [-0.1, -0.05) is 37.3 Å². The van der Waals surface area contributed by atoms with E-state index in [0.29, 0.717) is 26.3 Å². The van der Waals surface area contributed by atoms with Gasteiger partial charge in [0, 0.05) is 33.3 Å². The van der Waals surface area contributed by atoms with Crippen LogP contribution in [0.3, 0.4) is 0 Å². The smallest absolute Gasteiger partial charge is 0.234 e. The van der Waals surface area contributed by atoms with Gasteiger partial charge >= 0.3 is 0 Å². The van der Waals surface area contributed by atoms with Gasteiger partial charge in [-0.2, -0.15) is 0 Å². The SMILES string of the molecule is CCC(NC(=O)CNCCOC)C1CN(Cc2ccccc2)CCO1. The summed E-state index contributed by atoms with van der Waals surface area (Å²) in [5.74, 6) is 0.00624. The second-order valence-electron chi connectivity index (χ2n) is 6.38. The fourth-order valence-electron chi connectivity index (χ4n) is 3.05. The number of hydrogen-bond acceptors (Lipinski definition) is 5. The summed E-state index contributed by atoms with van der Waals surface area (Å²) in [4.78, 5) is 14.5. The molecule has 2 rings (SSSR count). The molecule has 1 aliphatic rings. The van der Waals surface area contributed by atoms with Gasteiger partial charge < -0.3 is 20.1 Å². The van der Waals surface area contributed by atoms with Crippen molar-refractivity contribution in [2.75, 3.05) is 46.5 Å². The monoisotopic (exact) mass is 349 g/mol. The molecule has 1 aromatic carbocycles. The van der Waals surface area contributed by atoms with E-state index in [-0.39, 0.29) is 18.1 Å². The van der Waals surface area contributed by atoms with E-state index in [1.807, 2.05) is 6.07 Å². The van der Waals surface area contributed by atoms with Crippen molar-refractivity contribution >= 4 is 5.91 Å². The maximum absolute atomic E-state index is 12.1. The Morgan fingerprint density at radius 3 is 2.92 bits per heavy atom. The summed E-state index contributed by atoms with van der Waals surface area (Å²) in [6.07, 6.45) is 0.888. The molecule has 1 amide bonds. The van der Waals surface area contributed by atoms with E-state index in [9.17, 15) is 4.79 Å². The number of methoxy groups -OCH3 is 1. The van der Waals surface area contributed by atoms with Crippen LogP contribution in [0.5, 0.6) is 0 Å². The molecule has 1 aromatic rings. The first-order chi connectivity index (χ1) is 12.2. The number of morpholine rings is 1. The fraction of sp³-hybridized carbons (Fsp3) is 0.632. The van der Waals surface area contributed by atoms with E-state index < -0.39 is 0 Å². The van der Waals surface area contributed by atoms with E-state index in [0.717, 1.165) is 26.1 Å². The standard InChI is InChI=1S/C19H31N3O3/c1-3-17(21-19(23)13-20-9-11-24-2)18-15-22(10-12-25-18)14-16-7-5-4-6-8-16/h4-8,17-18,20H,3,9-15H2,1-2H3,(H,21,23). The molecule has 140 valence electrons. The third-order valence-corrected chi connectivity index (χ3v) is 4.43. The van der Waals surface area contributed by atoms with E-state index >= 15 is 0 Å². The van der Waals surface area contributed by atoms with Crippen LogP contribution in [-0.2, 0) is 20.8 Å². The van der Waals surface area contributed by atoms with Gasteiger partial charge in [-0.05, 0) is 12.0 Å². The van der Waals surface area contributed by atoms with Crippen molar-refractivity contribution in [1.29, 1.82) is 0 Å². The Morgan fingerprint density at radius 2 is 2.20 bits per heavy atom. The van der Waals surface area contributed by atoms with Crippen LogP contribution in [0.1, 0.15) is 18.9 Å².